The fourth-order valence-electron chi connectivity index (χ4n) is 1.21. The van der Waals surface area contributed by atoms with Crippen molar-refractivity contribution < 1.29 is 4.79 Å². The average Bonchev–Trinajstić information content (AvgIpc) is 2.43. The van der Waals surface area contributed by atoms with Crippen LogP contribution in [-0.2, 0) is 11.3 Å². The van der Waals surface area contributed by atoms with Gasteiger partial charge in [0.25, 0.3) is 0 Å². The van der Waals surface area contributed by atoms with Crippen LogP contribution in [0.15, 0.2) is 24.4 Å². The van der Waals surface area contributed by atoms with Crippen molar-refractivity contribution in [2.45, 2.75) is 47.1 Å². The molecule has 3 heteroatoms. The van der Waals surface area contributed by atoms with Crippen LogP contribution in [0, 0.1) is 5.92 Å². The largest absolute Gasteiger partial charge is 0.314 e. The van der Waals surface area contributed by atoms with E-state index in [4.69, 9.17) is 0 Å². The molecule has 18 heavy (non-hydrogen) atoms. The van der Waals surface area contributed by atoms with E-state index in [-0.39, 0.29) is 5.92 Å². The van der Waals surface area contributed by atoms with Crippen LogP contribution in [0.2, 0.25) is 0 Å². The van der Waals surface area contributed by atoms with Crippen LogP contribution in [0.5, 0.6) is 0 Å². The number of rotatable bonds is 5. The second kappa shape index (κ2) is 15.8. The number of pyridine rings is 1. The van der Waals surface area contributed by atoms with Crippen LogP contribution in [0.25, 0.3) is 0 Å². The van der Waals surface area contributed by atoms with E-state index in [0.29, 0.717) is 0 Å². The van der Waals surface area contributed by atoms with Crippen molar-refractivity contribution in [3.8, 4) is 0 Å². The molecule has 1 N–H and O–H groups in total. The minimum absolute atomic E-state index is 0.269. The fourth-order valence-corrected chi connectivity index (χ4v) is 1.21. The van der Waals surface area contributed by atoms with Crippen LogP contribution >= 0.6 is 0 Å². The van der Waals surface area contributed by atoms with E-state index in [9.17, 15) is 4.79 Å². The van der Waals surface area contributed by atoms with Gasteiger partial charge in [0.15, 0.2) is 0 Å². The van der Waals surface area contributed by atoms with Crippen LogP contribution in [0.4, 0.5) is 0 Å². The lowest BCUT2D eigenvalue weighted by Crippen LogP contribution is -2.05. The van der Waals surface area contributed by atoms with Gasteiger partial charge >= 0.3 is 0 Å². The summed E-state index contributed by atoms with van der Waals surface area (Å²) in [6.45, 7) is 8.87. The lowest BCUT2D eigenvalue weighted by atomic mass is 10.1. The van der Waals surface area contributed by atoms with Crippen LogP contribution in [-0.4, -0.2) is 18.3 Å². The second-order valence-electron chi connectivity index (χ2n) is 3.75. The molecule has 0 amide bonds. The van der Waals surface area contributed by atoms with E-state index >= 15 is 0 Å². The molecule has 0 aliphatic carbocycles. The standard InChI is InChI=1S/C7H10N2.C6H12O.C2H6/c1-8-6-7-4-2-3-5-9-7;1-3-4-6(2)5-7;1-2/h2-5,8H,6H2,1H3;5-6H,3-4H2,1-2H3;1-2H3. The highest BCUT2D eigenvalue weighted by atomic mass is 16.1. The first-order valence-electron chi connectivity index (χ1n) is 6.74. The van der Waals surface area contributed by atoms with Gasteiger partial charge in [0.2, 0.25) is 0 Å². The Morgan fingerprint density at radius 2 is 2.06 bits per heavy atom. The summed E-state index contributed by atoms with van der Waals surface area (Å²) in [5, 5.41) is 3.02. The van der Waals surface area contributed by atoms with Crippen LogP contribution in [0.1, 0.15) is 46.2 Å². The van der Waals surface area contributed by atoms with E-state index in [1.165, 1.54) is 0 Å². The van der Waals surface area contributed by atoms with Gasteiger partial charge in [-0.05, 0) is 25.6 Å². The first-order chi connectivity index (χ1) is 8.74. The molecule has 1 heterocycles. The minimum Gasteiger partial charge on any atom is -0.314 e. The van der Waals surface area contributed by atoms with Gasteiger partial charge in [-0.25, -0.2) is 0 Å². The van der Waals surface area contributed by atoms with Gasteiger partial charge in [0.05, 0.1) is 5.69 Å². The van der Waals surface area contributed by atoms with Crippen molar-refractivity contribution in [3.05, 3.63) is 30.1 Å². The molecule has 0 bridgehead atoms. The minimum atomic E-state index is 0.269. The maximum atomic E-state index is 9.89. The normalized spacial score (nSPS) is 10.3. The molecule has 0 aliphatic rings. The summed E-state index contributed by atoms with van der Waals surface area (Å²) in [5.41, 5.74) is 1.08. The number of nitrogens with zero attached hydrogens (tertiary/aromatic N) is 1. The third-order valence-corrected chi connectivity index (χ3v) is 2.06. The van der Waals surface area contributed by atoms with Gasteiger partial charge in [-0.1, -0.05) is 40.2 Å². The molecule has 0 fully saturated rings. The monoisotopic (exact) mass is 252 g/mol. The van der Waals surface area contributed by atoms with Gasteiger partial charge in [0.1, 0.15) is 6.29 Å². The highest BCUT2D eigenvalue weighted by Gasteiger charge is 1.93. The molecule has 0 saturated heterocycles. The quantitative estimate of drug-likeness (QED) is 0.816. The highest BCUT2D eigenvalue weighted by molar-refractivity contribution is 5.52. The van der Waals surface area contributed by atoms with E-state index in [2.05, 4.69) is 17.2 Å². The first-order valence-corrected chi connectivity index (χ1v) is 6.74. The predicted molar refractivity (Wildman–Crippen MR) is 78.5 cm³/mol. The van der Waals surface area contributed by atoms with Gasteiger partial charge in [-0.2, -0.15) is 0 Å². The molecule has 1 unspecified atom stereocenters. The summed E-state index contributed by atoms with van der Waals surface area (Å²) < 4.78 is 0. The summed E-state index contributed by atoms with van der Waals surface area (Å²) in [7, 11) is 1.91. The number of aldehydes is 1. The summed E-state index contributed by atoms with van der Waals surface area (Å²) in [4.78, 5) is 14.0. The Morgan fingerprint density at radius 3 is 2.39 bits per heavy atom. The van der Waals surface area contributed by atoms with Crippen molar-refractivity contribution in [2.75, 3.05) is 7.05 Å². The molecular weight excluding hydrogens is 224 g/mol. The van der Waals surface area contributed by atoms with Gasteiger partial charge in [-0.15, -0.1) is 0 Å². The molecule has 1 aromatic rings. The molecule has 3 nitrogen and oxygen atoms in total. The molecule has 1 rings (SSSR count). The SMILES string of the molecule is CC.CCCC(C)C=O.CNCc1ccccn1. The average molecular weight is 252 g/mol. The molecule has 0 aliphatic heterocycles. The zero-order valence-corrected chi connectivity index (χ0v) is 12.4. The number of hydrogen-bond acceptors (Lipinski definition) is 3. The molecule has 1 atom stereocenters. The molecule has 0 spiro atoms. The van der Waals surface area contributed by atoms with Gasteiger partial charge in [-0.3, -0.25) is 4.98 Å². The van der Waals surface area contributed by atoms with Crippen LogP contribution < -0.4 is 5.32 Å². The van der Waals surface area contributed by atoms with Crippen molar-refractivity contribution in [2.24, 2.45) is 5.92 Å². The Morgan fingerprint density at radius 1 is 1.39 bits per heavy atom. The van der Waals surface area contributed by atoms with Crippen LogP contribution in [0.3, 0.4) is 0 Å². The maximum absolute atomic E-state index is 9.89. The van der Waals surface area contributed by atoms with E-state index in [1.807, 2.05) is 46.0 Å². The Bertz CT molecular complexity index is 262. The van der Waals surface area contributed by atoms with Crippen molar-refractivity contribution in [3.63, 3.8) is 0 Å². The molecule has 1 aromatic heterocycles. The van der Waals surface area contributed by atoms with Crippen molar-refractivity contribution in [1.29, 1.82) is 0 Å². The lowest BCUT2D eigenvalue weighted by Gasteiger charge is -1.94. The lowest BCUT2D eigenvalue weighted by molar-refractivity contribution is -0.110. The number of aromatic nitrogens is 1. The van der Waals surface area contributed by atoms with Crippen molar-refractivity contribution >= 4 is 6.29 Å². The molecular formula is C15H28N2O. The highest BCUT2D eigenvalue weighted by Crippen LogP contribution is 1.98. The summed E-state index contributed by atoms with van der Waals surface area (Å²) in [6.07, 6.45) is 4.94. The summed E-state index contributed by atoms with van der Waals surface area (Å²) >= 11 is 0. The summed E-state index contributed by atoms with van der Waals surface area (Å²) in [5.74, 6) is 0.269. The number of carbonyl (C=O) groups excluding carboxylic acids is 1. The maximum Gasteiger partial charge on any atom is 0.122 e. The Kier molecular flexibility index (Phi) is 16.8. The Balaban J connectivity index is 0. The number of hydrogen-bond donors (Lipinski definition) is 1. The molecule has 0 aromatic carbocycles. The Labute approximate surface area is 112 Å². The van der Waals surface area contributed by atoms with Gasteiger partial charge in [0, 0.05) is 18.7 Å². The van der Waals surface area contributed by atoms with E-state index in [0.717, 1.165) is 31.4 Å². The molecule has 0 saturated carbocycles. The second-order valence-corrected chi connectivity index (χ2v) is 3.75. The number of nitrogens with one attached hydrogen (secondary N) is 1. The first kappa shape index (κ1) is 19.1. The smallest absolute Gasteiger partial charge is 0.122 e. The third-order valence-electron chi connectivity index (χ3n) is 2.06. The Hall–Kier alpha value is -1.22. The van der Waals surface area contributed by atoms with E-state index in [1.54, 1.807) is 6.20 Å². The van der Waals surface area contributed by atoms with Crippen molar-refractivity contribution in [1.82, 2.24) is 10.3 Å². The molecule has 0 radical (unpaired) electrons. The fraction of sp³-hybridized carbons (Fsp3) is 0.600. The zero-order chi connectivity index (χ0) is 14.2. The predicted octanol–water partition coefficient (Wildman–Crippen LogP) is 3.45. The van der Waals surface area contributed by atoms with E-state index < -0.39 is 0 Å². The summed E-state index contributed by atoms with van der Waals surface area (Å²) in [6, 6.07) is 5.90. The third kappa shape index (κ3) is 12.8. The zero-order valence-electron chi connectivity index (χ0n) is 12.4. The number of carbonyl (C=O) groups is 1. The topological polar surface area (TPSA) is 42.0 Å². The van der Waals surface area contributed by atoms with Gasteiger partial charge < -0.3 is 10.1 Å². The molecule has 104 valence electrons.